The minimum Gasteiger partial charge on any atom is -0.462 e. The predicted octanol–water partition coefficient (Wildman–Crippen LogP) is 18.4. The van der Waals surface area contributed by atoms with Crippen LogP contribution in [0, 0.1) is 142 Å². The fraction of sp³-hybridized carbons (Fsp3) is 0.947. The van der Waals surface area contributed by atoms with E-state index in [1.165, 1.54) is 148 Å². The normalized spacial score (nSPS) is 44.8. The van der Waals surface area contributed by atoms with Crippen molar-refractivity contribution in [1.82, 2.24) is 0 Å². The van der Waals surface area contributed by atoms with Gasteiger partial charge in [0.15, 0.2) is 0 Å². The van der Waals surface area contributed by atoms with Crippen LogP contribution in [-0.4, -0.2) is 46.8 Å². The van der Waals surface area contributed by atoms with Gasteiger partial charge < -0.3 is 18.9 Å². The monoisotopic (exact) mass is 1150 g/mol. The summed E-state index contributed by atoms with van der Waals surface area (Å²) < 4.78 is 24.8. The van der Waals surface area contributed by atoms with Crippen molar-refractivity contribution in [1.29, 1.82) is 0 Å². The summed E-state index contributed by atoms with van der Waals surface area (Å²) in [5.74, 6) is 17.4. The van der Waals surface area contributed by atoms with Crippen LogP contribution < -0.4 is 0 Å². The molecule has 0 amide bonds. The first-order chi connectivity index (χ1) is 40.0. The van der Waals surface area contributed by atoms with Crippen LogP contribution in [0.5, 0.6) is 0 Å². The summed E-state index contributed by atoms with van der Waals surface area (Å²) in [6, 6.07) is 0. The topological polar surface area (TPSA) is 105 Å². The Bertz CT molecular complexity index is 2220. The van der Waals surface area contributed by atoms with Gasteiger partial charge in [-0.15, -0.1) is 0 Å². The maximum Gasteiger partial charge on any atom is 0.310 e. The first-order valence-corrected chi connectivity index (χ1v) is 36.9. The second kappa shape index (κ2) is 25.8. The minimum atomic E-state index is -0.304. The van der Waals surface area contributed by atoms with Crippen LogP contribution in [0.4, 0.5) is 0 Å². The Balaban J connectivity index is 0.000000132. The van der Waals surface area contributed by atoms with Gasteiger partial charge in [0.1, 0.15) is 22.9 Å². The number of hydrogen-bond donors (Lipinski definition) is 0. The van der Waals surface area contributed by atoms with E-state index in [0.717, 1.165) is 152 Å². The molecular weight excluding hydrogens is 1030 g/mol. The highest BCUT2D eigenvalue weighted by molar-refractivity contribution is 5.75. The Morgan fingerprint density at radius 2 is 0.976 bits per heavy atom. The summed E-state index contributed by atoms with van der Waals surface area (Å²) in [4.78, 5) is 51.7. The Labute approximate surface area is 506 Å². The molecule has 0 saturated heterocycles. The van der Waals surface area contributed by atoms with Gasteiger partial charge in [-0.05, 0) is 278 Å². The molecule has 0 heterocycles. The van der Waals surface area contributed by atoms with Crippen LogP contribution in [0.2, 0.25) is 0 Å². The lowest BCUT2D eigenvalue weighted by molar-refractivity contribution is -0.176. The molecule has 8 nitrogen and oxygen atoms in total. The number of carbonyl (C=O) groups excluding carboxylic acids is 4. The highest BCUT2D eigenvalue weighted by atomic mass is 16.6. The first-order valence-electron chi connectivity index (χ1n) is 36.9. The lowest BCUT2D eigenvalue weighted by atomic mass is 9.69. The number of rotatable bonds is 19. The number of fused-ring (bicyclic) bond motifs is 17. The van der Waals surface area contributed by atoms with E-state index in [1.54, 1.807) is 0 Å². The van der Waals surface area contributed by atoms with Crippen LogP contribution in [0.1, 0.15) is 282 Å². The lowest BCUT2D eigenvalue weighted by Crippen LogP contribution is -2.44. The van der Waals surface area contributed by atoms with Gasteiger partial charge in [-0.2, -0.15) is 0 Å². The van der Waals surface area contributed by atoms with Gasteiger partial charge >= 0.3 is 23.9 Å². The number of ether oxygens (including phenoxy) is 4. The highest BCUT2D eigenvalue weighted by Crippen LogP contribution is 2.69. The molecule has 0 aliphatic heterocycles. The standard InChI is InChI=1S/C28H44O4.C26H42O2.C21H36O2/c1-5-18-11-19(6-2)27-23-13-20(26(18)27)12-22(23)24(31-16(4)29)14-25(30)32-28(7-3)15-17-8-9-21(28)10-17;1-3-17-14-18(4-2)24-21-15-19(23(17)24)16-22(21)25(27)28-26(12-8-9-13-26)20-10-6-5-7-11-20;1-6-13-10-14(7-2)19-16-11-15(18(13)19)12-17(16)20(22)23-21(5,8-3)9-4/h17-24,26-27H,5-15H2,1-4H3;17-24H,3-16H2,1-2H3;13-19H,6-12H2,1-5H3. The molecule has 13 rings (SSSR count). The fourth-order valence-electron chi connectivity index (χ4n) is 25.3. The largest absolute Gasteiger partial charge is 0.462 e. The van der Waals surface area contributed by atoms with Gasteiger partial charge in [0, 0.05) is 6.92 Å². The maximum absolute atomic E-state index is 13.6. The van der Waals surface area contributed by atoms with Gasteiger partial charge in [-0.1, -0.05) is 120 Å². The second-order valence-corrected chi connectivity index (χ2v) is 32.2. The van der Waals surface area contributed by atoms with Crippen molar-refractivity contribution in [2.75, 3.05) is 0 Å². The second-order valence-electron chi connectivity index (χ2n) is 32.2. The van der Waals surface area contributed by atoms with E-state index < -0.39 is 0 Å². The van der Waals surface area contributed by atoms with E-state index in [-0.39, 0.29) is 65.0 Å². The summed E-state index contributed by atoms with van der Waals surface area (Å²) in [6.07, 6.45) is 38.3. The molecule has 13 aliphatic rings. The molecule has 13 saturated carbocycles. The zero-order valence-corrected chi connectivity index (χ0v) is 54.8. The molecule has 83 heavy (non-hydrogen) atoms. The van der Waals surface area contributed by atoms with E-state index in [2.05, 4.69) is 69.2 Å². The zero-order chi connectivity index (χ0) is 58.7. The molecule has 8 heteroatoms. The van der Waals surface area contributed by atoms with E-state index >= 15 is 0 Å². The lowest BCUT2D eigenvalue weighted by Gasteiger charge is -2.41. The molecule has 0 radical (unpaired) electrons. The molecular formula is C75H122O8. The molecule has 13 aliphatic carbocycles. The van der Waals surface area contributed by atoms with E-state index in [9.17, 15) is 19.2 Å². The molecule has 25 unspecified atom stereocenters. The Hall–Kier alpha value is -2.12. The van der Waals surface area contributed by atoms with Crippen molar-refractivity contribution in [2.45, 2.75) is 305 Å². The van der Waals surface area contributed by atoms with Crippen LogP contribution in [0.3, 0.4) is 0 Å². The summed E-state index contributed by atoms with van der Waals surface area (Å²) in [5.41, 5.74) is -0.595. The van der Waals surface area contributed by atoms with Crippen molar-refractivity contribution in [3.63, 3.8) is 0 Å². The summed E-state index contributed by atoms with van der Waals surface area (Å²) in [6.45, 7) is 24.2. The molecule has 13 fully saturated rings. The van der Waals surface area contributed by atoms with Gasteiger partial charge in [-0.3, -0.25) is 19.2 Å². The zero-order valence-electron chi connectivity index (χ0n) is 54.8. The van der Waals surface area contributed by atoms with E-state index in [0.29, 0.717) is 35.5 Å². The molecule has 0 aromatic rings. The average Bonchev–Trinajstić information content (AvgIpc) is 3.78. The molecule has 8 bridgehead atoms. The molecule has 0 aromatic carbocycles. The van der Waals surface area contributed by atoms with Crippen molar-refractivity contribution < 1.29 is 38.1 Å². The van der Waals surface area contributed by atoms with Crippen molar-refractivity contribution in [3.05, 3.63) is 0 Å². The van der Waals surface area contributed by atoms with Crippen molar-refractivity contribution >= 4 is 23.9 Å². The van der Waals surface area contributed by atoms with Gasteiger partial charge in [0.05, 0.1) is 18.3 Å². The molecule has 470 valence electrons. The SMILES string of the molecule is CCC1CC(CC)C2C3CC(CC3C(=O)OC(C)(CC)CC)C12.CCC1CC(CC)C2C3CC(CC3C(=O)OC3(C4CCCCC4)CCCC3)C12.CCC1CC(CC)C2C3CC(CC3C(CC(=O)OC3(CC)CC4CCC3C4)OC(C)=O)C12. The van der Waals surface area contributed by atoms with Crippen LogP contribution in [0.25, 0.3) is 0 Å². The van der Waals surface area contributed by atoms with Gasteiger partial charge in [-0.25, -0.2) is 0 Å². The van der Waals surface area contributed by atoms with Gasteiger partial charge in [0.2, 0.25) is 0 Å². The molecule has 0 aromatic heterocycles. The smallest absolute Gasteiger partial charge is 0.310 e. The highest BCUT2D eigenvalue weighted by Gasteiger charge is 2.65. The third-order valence-corrected chi connectivity index (χ3v) is 29.2. The van der Waals surface area contributed by atoms with Gasteiger partial charge in [0.25, 0.3) is 0 Å². The molecule has 0 spiro atoms. The summed E-state index contributed by atoms with van der Waals surface area (Å²) in [7, 11) is 0. The Morgan fingerprint density at radius 1 is 0.494 bits per heavy atom. The van der Waals surface area contributed by atoms with Crippen LogP contribution in [0.15, 0.2) is 0 Å². The fourth-order valence-corrected chi connectivity index (χ4v) is 25.3. The van der Waals surface area contributed by atoms with Crippen LogP contribution in [-0.2, 0) is 38.1 Å². The first kappa shape index (κ1) is 62.5. The van der Waals surface area contributed by atoms with Crippen molar-refractivity contribution in [3.8, 4) is 0 Å². The van der Waals surface area contributed by atoms with Crippen LogP contribution >= 0.6 is 0 Å². The Kier molecular flexibility index (Phi) is 19.4. The number of esters is 4. The Morgan fingerprint density at radius 3 is 1.43 bits per heavy atom. The van der Waals surface area contributed by atoms with Crippen molar-refractivity contribution in [2.24, 2.45) is 142 Å². The summed E-state index contributed by atoms with van der Waals surface area (Å²) in [5, 5.41) is 0. The predicted molar refractivity (Wildman–Crippen MR) is 330 cm³/mol. The third kappa shape index (κ3) is 11.5. The number of carbonyl (C=O) groups is 4. The quantitative estimate of drug-likeness (QED) is 0.0930. The third-order valence-electron chi connectivity index (χ3n) is 29.2. The maximum atomic E-state index is 13.6. The molecule has 0 N–H and O–H groups in total. The average molecular weight is 1150 g/mol. The molecule has 25 atom stereocenters. The summed E-state index contributed by atoms with van der Waals surface area (Å²) >= 11 is 0. The number of hydrogen-bond acceptors (Lipinski definition) is 8. The van der Waals surface area contributed by atoms with E-state index in [4.69, 9.17) is 18.9 Å². The minimum absolute atomic E-state index is 0.0788. The van der Waals surface area contributed by atoms with E-state index in [1.807, 2.05) is 0 Å².